The number of pyridine rings is 2. The molecule has 2 aromatic rings. The Labute approximate surface area is 142 Å². The van der Waals surface area contributed by atoms with Crippen molar-refractivity contribution >= 4 is 5.78 Å². The van der Waals surface area contributed by atoms with E-state index in [9.17, 15) is 14.4 Å². The molecule has 0 spiro atoms. The number of Topliss-reactive ketones (excluding diaryl/α,β-unsaturated/α-hetero) is 1. The molecule has 2 aromatic heterocycles. The van der Waals surface area contributed by atoms with Gasteiger partial charge in [0.15, 0.2) is 0 Å². The van der Waals surface area contributed by atoms with Crippen LogP contribution in [0.2, 0.25) is 0 Å². The molecule has 0 atom stereocenters. The molecule has 0 aliphatic carbocycles. The molecular formula is C19H26N2O3. The van der Waals surface area contributed by atoms with Crippen LogP contribution in [0.4, 0.5) is 0 Å². The quantitative estimate of drug-likeness (QED) is 0.936. The van der Waals surface area contributed by atoms with Gasteiger partial charge in [-0.3, -0.25) is 14.4 Å². The van der Waals surface area contributed by atoms with E-state index in [1.807, 2.05) is 26.0 Å². The maximum absolute atomic E-state index is 11.5. The summed E-state index contributed by atoms with van der Waals surface area (Å²) in [6.45, 7) is 9.83. The molecule has 5 nitrogen and oxygen atoms in total. The van der Waals surface area contributed by atoms with Crippen LogP contribution < -0.4 is 11.1 Å². The van der Waals surface area contributed by atoms with E-state index >= 15 is 0 Å². The third kappa shape index (κ3) is 6.36. The molecule has 0 amide bonds. The highest BCUT2D eigenvalue weighted by atomic mass is 16.1. The fraction of sp³-hybridized carbons (Fsp3) is 0.421. The van der Waals surface area contributed by atoms with Gasteiger partial charge in [-0.1, -0.05) is 27.7 Å². The van der Waals surface area contributed by atoms with Crippen LogP contribution >= 0.6 is 0 Å². The summed E-state index contributed by atoms with van der Waals surface area (Å²) in [4.78, 5) is 35.6. The Bertz CT molecular complexity index is 785. The second-order valence-electron chi connectivity index (χ2n) is 6.42. The molecule has 0 aromatic carbocycles. The molecule has 0 fully saturated rings. The van der Waals surface area contributed by atoms with E-state index in [2.05, 4.69) is 18.8 Å². The number of H-pyrrole nitrogens is 1. The van der Waals surface area contributed by atoms with Crippen molar-refractivity contribution in [2.75, 3.05) is 0 Å². The zero-order valence-electron chi connectivity index (χ0n) is 15.0. The van der Waals surface area contributed by atoms with Crippen molar-refractivity contribution in [1.82, 2.24) is 9.55 Å². The number of nitrogens with zero attached hydrogens (tertiary/aromatic N) is 1. The Hall–Kier alpha value is -2.43. The standard InChI is InChI=1S/C11H15NO2.C8H11NO/c1-8(2)10-4-5-12(7-9(3)13)11(14)6-10;1-6(2)7-3-4-9-8(10)5-7/h4-6,8H,7H2,1-3H3;3-6H,1-2H3,(H,9,10). The lowest BCUT2D eigenvalue weighted by atomic mass is 10.1. The van der Waals surface area contributed by atoms with Crippen molar-refractivity contribution in [3.05, 3.63) is 68.5 Å². The number of hydrogen-bond acceptors (Lipinski definition) is 3. The summed E-state index contributed by atoms with van der Waals surface area (Å²) in [6, 6.07) is 7.03. The first-order valence-corrected chi connectivity index (χ1v) is 8.09. The second-order valence-corrected chi connectivity index (χ2v) is 6.42. The molecule has 1 N–H and O–H groups in total. The summed E-state index contributed by atoms with van der Waals surface area (Å²) in [5.41, 5.74) is 1.97. The summed E-state index contributed by atoms with van der Waals surface area (Å²) in [5.74, 6) is 0.765. The minimum atomic E-state index is -0.105. The zero-order valence-corrected chi connectivity index (χ0v) is 15.0. The largest absolute Gasteiger partial charge is 0.329 e. The van der Waals surface area contributed by atoms with Gasteiger partial charge in [-0.2, -0.15) is 0 Å². The number of ketones is 1. The van der Waals surface area contributed by atoms with Gasteiger partial charge in [0, 0.05) is 24.5 Å². The van der Waals surface area contributed by atoms with Crippen LogP contribution in [0, 0.1) is 0 Å². The number of nitrogens with one attached hydrogen (secondary N) is 1. The topological polar surface area (TPSA) is 71.9 Å². The van der Waals surface area contributed by atoms with Crippen LogP contribution in [0.3, 0.4) is 0 Å². The predicted octanol–water partition coefficient (Wildman–Crippen LogP) is 3.06. The first-order chi connectivity index (χ1) is 11.2. The van der Waals surface area contributed by atoms with Crippen molar-refractivity contribution < 1.29 is 4.79 Å². The van der Waals surface area contributed by atoms with E-state index < -0.39 is 0 Å². The lowest BCUT2D eigenvalue weighted by Crippen LogP contribution is -2.22. The van der Waals surface area contributed by atoms with E-state index in [1.165, 1.54) is 11.5 Å². The maximum atomic E-state index is 11.5. The normalized spacial score (nSPS) is 10.5. The number of rotatable bonds is 4. The highest BCUT2D eigenvalue weighted by Gasteiger charge is 2.03. The van der Waals surface area contributed by atoms with Gasteiger partial charge in [0.2, 0.25) is 5.56 Å². The molecule has 0 radical (unpaired) electrons. The second kappa shape index (κ2) is 9.01. The fourth-order valence-corrected chi connectivity index (χ4v) is 2.07. The first kappa shape index (κ1) is 19.6. The lowest BCUT2D eigenvalue weighted by molar-refractivity contribution is -0.117. The molecule has 2 rings (SSSR count). The molecule has 130 valence electrons. The number of aromatic nitrogens is 2. The summed E-state index contributed by atoms with van der Waals surface area (Å²) in [5, 5.41) is 0. The Kier molecular flexibility index (Phi) is 7.36. The van der Waals surface area contributed by atoms with Crippen molar-refractivity contribution in [2.24, 2.45) is 0 Å². The van der Waals surface area contributed by atoms with Gasteiger partial charge < -0.3 is 9.55 Å². The third-order valence-electron chi connectivity index (χ3n) is 3.55. The Morgan fingerprint density at radius 3 is 2.04 bits per heavy atom. The van der Waals surface area contributed by atoms with Gasteiger partial charge in [-0.05, 0) is 42.0 Å². The van der Waals surface area contributed by atoms with Gasteiger partial charge in [-0.25, -0.2) is 0 Å². The van der Waals surface area contributed by atoms with E-state index in [1.54, 1.807) is 24.5 Å². The van der Waals surface area contributed by atoms with Gasteiger partial charge in [-0.15, -0.1) is 0 Å². The smallest absolute Gasteiger partial charge is 0.251 e. The van der Waals surface area contributed by atoms with Crippen LogP contribution in [0.15, 0.2) is 46.2 Å². The van der Waals surface area contributed by atoms with Gasteiger partial charge in [0.25, 0.3) is 5.56 Å². The summed E-state index contributed by atoms with van der Waals surface area (Å²) in [6.07, 6.45) is 3.36. The molecule has 0 bridgehead atoms. The zero-order chi connectivity index (χ0) is 18.3. The SMILES string of the molecule is CC(=O)Cn1ccc(C(C)C)cc1=O.CC(C)c1cc[nH]c(=O)c1. The van der Waals surface area contributed by atoms with Gasteiger partial charge in [0.1, 0.15) is 5.78 Å². The van der Waals surface area contributed by atoms with Crippen molar-refractivity contribution in [3.63, 3.8) is 0 Å². The number of aromatic amines is 1. The summed E-state index contributed by atoms with van der Waals surface area (Å²) in [7, 11) is 0. The summed E-state index contributed by atoms with van der Waals surface area (Å²) < 4.78 is 1.42. The lowest BCUT2D eigenvalue weighted by Gasteiger charge is -2.07. The Balaban J connectivity index is 0.000000254. The van der Waals surface area contributed by atoms with E-state index in [-0.39, 0.29) is 23.4 Å². The Morgan fingerprint density at radius 1 is 1.04 bits per heavy atom. The minimum Gasteiger partial charge on any atom is -0.329 e. The highest BCUT2D eigenvalue weighted by molar-refractivity contribution is 5.75. The number of carbonyl (C=O) groups excluding carboxylic acids is 1. The monoisotopic (exact) mass is 330 g/mol. The fourth-order valence-electron chi connectivity index (χ4n) is 2.07. The van der Waals surface area contributed by atoms with Crippen LogP contribution in [0.25, 0.3) is 0 Å². The van der Waals surface area contributed by atoms with Crippen molar-refractivity contribution in [1.29, 1.82) is 0 Å². The van der Waals surface area contributed by atoms with E-state index in [4.69, 9.17) is 0 Å². The van der Waals surface area contributed by atoms with Crippen LogP contribution in [0.5, 0.6) is 0 Å². The van der Waals surface area contributed by atoms with Crippen LogP contribution in [0.1, 0.15) is 57.6 Å². The number of carbonyl (C=O) groups is 1. The molecule has 0 aliphatic heterocycles. The maximum Gasteiger partial charge on any atom is 0.251 e. The molecular weight excluding hydrogens is 304 g/mol. The third-order valence-corrected chi connectivity index (χ3v) is 3.55. The van der Waals surface area contributed by atoms with Gasteiger partial charge in [0.05, 0.1) is 6.54 Å². The van der Waals surface area contributed by atoms with Crippen molar-refractivity contribution in [2.45, 2.75) is 53.0 Å². The number of hydrogen-bond donors (Lipinski definition) is 1. The van der Waals surface area contributed by atoms with Crippen LogP contribution in [-0.4, -0.2) is 15.3 Å². The first-order valence-electron chi connectivity index (χ1n) is 8.09. The summed E-state index contributed by atoms with van der Waals surface area (Å²) >= 11 is 0. The van der Waals surface area contributed by atoms with E-state index in [0.29, 0.717) is 11.8 Å². The van der Waals surface area contributed by atoms with E-state index in [0.717, 1.165) is 11.1 Å². The average molecular weight is 330 g/mol. The Morgan fingerprint density at radius 2 is 1.62 bits per heavy atom. The molecule has 0 unspecified atom stereocenters. The molecule has 0 saturated heterocycles. The average Bonchev–Trinajstić information content (AvgIpc) is 2.49. The minimum absolute atomic E-state index is 0.00982. The molecule has 5 heteroatoms. The molecule has 2 heterocycles. The molecule has 0 aliphatic rings. The molecule has 0 saturated carbocycles. The van der Waals surface area contributed by atoms with Gasteiger partial charge >= 0.3 is 0 Å². The molecule has 24 heavy (non-hydrogen) atoms. The predicted molar refractivity (Wildman–Crippen MR) is 96.6 cm³/mol. The highest BCUT2D eigenvalue weighted by Crippen LogP contribution is 2.10. The van der Waals surface area contributed by atoms with Crippen molar-refractivity contribution in [3.8, 4) is 0 Å². The van der Waals surface area contributed by atoms with Crippen LogP contribution in [-0.2, 0) is 11.3 Å².